The number of rotatable bonds is 3. The number of methoxy groups -OCH3 is 2. The molecule has 1 heterocycles. The van der Waals surface area contributed by atoms with Crippen LogP contribution in [-0.2, 0) is 12.5 Å². The third-order valence-corrected chi connectivity index (χ3v) is 3.47. The van der Waals surface area contributed by atoms with Crippen LogP contribution in [0, 0.1) is 0 Å². The summed E-state index contributed by atoms with van der Waals surface area (Å²) < 4.78 is 12.7. The first-order valence-corrected chi connectivity index (χ1v) is 6.85. The maximum Gasteiger partial charge on any atom is 0.170 e. The van der Waals surface area contributed by atoms with Crippen molar-refractivity contribution < 1.29 is 9.47 Å². The minimum absolute atomic E-state index is 0.0901. The van der Waals surface area contributed by atoms with Crippen molar-refractivity contribution in [3.63, 3.8) is 0 Å². The van der Waals surface area contributed by atoms with Crippen LogP contribution >= 0.6 is 0 Å². The summed E-state index contributed by atoms with van der Waals surface area (Å²) in [5.41, 5.74) is 7.72. The number of benzene rings is 1. The minimum atomic E-state index is -0.0901. The highest BCUT2D eigenvalue weighted by molar-refractivity contribution is 5.78. The van der Waals surface area contributed by atoms with E-state index in [0.717, 1.165) is 17.1 Å². The number of imidazole rings is 1. The van der Waals surface area contributed by atoms with E-state index in [0.29, 0.717) is 17.3 Å². The van der Waals surface area contributed by atoms with Gasteiger partial charge in [0.05, 0.1) is 14.2 Å². The molecule has 0 saturated heterocycles. The standard InChI is InChI=1S/C16H23N3O2/c1-16(2,3)15-18-12(14(17)19(15)4)10-8-7-9-11(20-5)13(10)21-6/h7-9H,17H2,1-6H3. The SMILES string of the molecule is COc1cccc(-c2nc(C(C)(C)C)n(C)c2N)c1OC. The number of hydrogen-bond acceptors (Lipinski definition) is 4. The molecule has 0 amide bonds. The Labute approximate surface area is 125 Å². The molecular formula is C16H23N3O2. The summed E-state index contributed by atoms with van der Waals surface area (Å²) in [7, 11) is 5.16. The molecule has 0 aliphatic rings. The monoisotopic (exact) mass is 289 g/mol. The summed E-state index contributed by atoms with van der Waals surface area (Å²) in [6, 6.07) is 5.69. The zero-order valence-corrected chi connectivity index (χ0v) is 13.5. The zero-order valence-electron chi connectivity index (χ0n) is 13.5. The Hall–Kier alpha value is -2.17. The van der Waals surface area contributed by atoms with Crippen LogP contribution in [0.3, 0.4) is 0 Å². The van der Waals surface area contributed by atoms with Crippen LogP contribution < -0.4 is 15.2 Å². The van der Waals surface area contributed by atoms with Gasteiger partial charge in [0.15, 0.2) is 11.5 Å². The number of nitrogens with zero attached hydrogens (tertiary/aromatic N) is 2. The van der Waals surface area contributed by atoms with E-state index in [1.165, 1.54) is 0 Å². The fourth-order valence-corrected chi connectivity index (χ4v) is 2.45. The van der Waals surface area contributed by atoms with Crippen LogP contribution in [0.25, 0.3) is 11.3 Å². The highest BCUT2D eigenvalue weighted by atomic mass is 16.5. The second-order valence-corrected chi connectivity index (χ2v) is 6.02. The summed E-state index contributed by atoms with van der Waals surface area (Å²) in [6.07, 6.45) is 0. The molecule has 0 fully saturated rings. The lowest BCUT2D eigenvalue weighted by atomic mass is 9.96. The Morgan fingerprint density at radius 1 is 1.14 bits per heavy atom. The van der Waals surface area contributed by atoms with E-state index < -0.39 is 0 Å². The molecule has 0 bridgehead atoms. The maximum atomic E-state index is 6.25. The van der Waals surface area contributed by atoms with Gasteiger partial charge in [-0.1, -0.05) is 26.8 Å². The molecule has 2 N–H and O–H groups in total. The maximum absolute atomic E-state index is 6.25. The summed E-state index contributed by atoms with van der Waals surface area (Å²) in [5, 5.41) is 0. The number of nitrogen functional groups attached to an aromatic ring is 1. The van der Waals surface area contributed by atoms with Crippen molar-refractivity contribution in [1.82, 2.24) is 9.55 Å². The molecule has 0 aliphatic heterocycles. The van der Waals surface area contributed by atoms with Gasteiger partial charge in [0.25, 0.3) is 0 Å². The summed E-state index contributed by atoms with van der Waals surface area (Å²) in [6.45, 7) is 6.34. The largest absolute Gasteiger partial charge is 0.493 e. The van der Waals surface area contributed by atoms with E-state index in [4.69, 9.17) is 20.2 Å². The highest BCUT2D eigenvalue weighted by Crippen LogP contribution is 2.40. The predicted octanol–water partition coefficient (Wildman–Crippen LogP) is 2.98. The Bertz CT molecular complexity index is 654. The molecule has 1 aromatic carbocycles. The first-order valence-electron chi connectivity index (χ1n) is 6.85. The lowest BCUT2D eigenvalue weighted by Gasteiger charge is -2.17. The van der Waals surface area contributed by atoms with E-state index in [9.17, 15) is 0 Å². The number of anilines is 1. The molecule has 0 unspecified atom stereocenters. The van der Waals surface area contributed by atoms with Crippen molar-refractivity contribution in [3.05, 3.63) is 24.0 Å². The molecule has 114 valence electrons. The van der Waals surface area contributed by atoms with Crippen molar-refractivity contribution in [1.29, 1.82) is 0 Å². The molecule has 2 aromatic rings. The molecule has 0 saturated carbocycles. The van der Waals surface area contributed by atoms with Crippen LogP contribution in [0.15, 0.2) is 18.2 Å². The lowest BCUT2D eigenvalue weighted by Crippen LogP contribution is -2.17. The highest BCUT2D eigenvalue weighted by Gasteiger charge is 2.25. The normalized spacial score (nSPS) is 11.5. The van der Waals surface area contributed by atoms with Crippen LogP contribution in [-0.4, -0.2) is 23.8 Å². The van der Waals surface area contributed by atoms with Crippen molar-refractivity contribution >= 4 is 5.82 Å². The predicted molar refractivity (Wildman–Crippen MR) is 84.9 cm³/mol. The van der Waals surface area contributed by atoms with E-state index in [1.54, 1.807) is 14.2 Å². The number of ether oxygens (including phenoxy) is 2. The molecule has 0 aliphatic carbocycles. The second kappa shape index (κ2) is 5.31. The van der Waals surface area contributed by atoms with Gasteiger partial charge < -0.3 is 19.8 Å². The Kier molecular flexibility index (Phi) is 3.85. The van der Waals surface area contributed by atoms with E-state index in [2.05, 4.69) is 20.8 Å². The van der Waals surface area contributed by atoms with Crippen molar-refractivity contribution in [2.24, 2.45) is 7.05 Å². The van der Waals surface area contributed by atoms with Gasteiger partial charge in [-0.2, -0.15) is 0 Å². The van der Waals surface area contributed by atoms with Gasteiger partial charge in [0.2, 0.25) is 0 Å². The smallest absolute Gasteiger partial charge is 0.170 e. The van der Waals surface area contributed by atoms with Gasteiger partial charge in [-0.3, -0.25) is 0 Å². The average Bonchev–Trinajstić information content (AvgIpc) is 2.74. The summed E-state index contributed by atoms with van der Waals surface area (Å²) >= 11 is 0. The molecule has 5 nitrogen and oxygen atoms in total. The number of nitrogens with two attached hydrogens (primary N) is 1. The van der Waals surface area contributed by atoms with Gasteiger partial charge in [0, 0.05) is 18.0 Å². The topological polar surface area (TPSA) is 62.3 Å². The molecular weight excluding hydrogens is 266 g/mol. The Balaban J connectivity index is 2.69. The summed E-state index contributed by atoms with van der Waals surface area (Å²) in [4.78, 5) is 4.74. The first-order chi connectivity index (χ1) is 9.81. The van der Waals surface area contributed by atoms with Crippen LogP contribution in [0.1, 0.15) is 26.6 Å². The van der Waals surface area contributed by atoms with Gasteiger partial charge >= 0.3 is 0 Å². The lowest BCUT2D eigenvalue weighted by molar-refractivity contribution is 0.356. The zero-order chi connectivity index (χ0) is 15.8. The van der Waals surface area contributed by atoms with Crippen molar-refractivity contribution in [3.8, 4) is 22.8 Å². The van der Waals surface area contributed by atoms with Gasteiger partial charge in [0.1, 0.15) is 17.3 Å². The quantitative estimate of drug-likeness (QED) is 0.943. The second-order valence-electron chi connectivity index (χ2n) is 6.02. The van der Waals surface area contributed by atoms with Crippen LogP contribution in [0.2, 0.25) is 0 Å². The third kappa shape index (κ3) is 2.55. The number of aromatic nitrogens is 2. The third-order valence-electron chi connectivity index (χ3n) is 3.47. The Morgan fingerprint density at radius 2 is 1.81 bits per heavy atom. The van der Waals surface area contributed by atoms with Gasteiger partial charge in [-0.15, -0.1) is 0 Å². The minimum Gasteiger partial charge on any atom is -0.493 e. The van der Waals surface area contributed by atoms with Crippen molar-refractivity contribution in [2.75, 3.05) is 20.0 Å². The van der Waals surface area contributed by atoms with Crippen LogP contribution in [0.5, 0.6) is 11.5 Å². The molecule has 5 heteroatoms. The van der Waals surface area contributed by atoms with E-state index in [-0.39, 0.29) is 5.41 Å². The fraction of sp³-hybridized carbons (Fsp3) is 0.438. The fourth-order valence-electron chi connectivity index (χ4n) is 2.45. The Morgan fingerprint density at radius 3 is 2.29 bits per heavy atom. The van der Waals surface area contributed by atoms with Crippen LogP contribution in [0.4, 0.5) is 5.82 Å². The average molecular weight is 289 g/mol. The number of hydrogen-bond donors (Lipinski definition) is 1. The molecule has 0 radical (unpaired) electrons. The molecule has 0 spiro atoms. The van der Waals surface area contributed by atoms with Crippen molar-refractivity contribution in [2.45, 2.75) is 26.2 Å². The summed E-state index contributed by atoms with van der Waals surface area (Å²) in [5.74, 6) is 2.86. The number of para-hydroxylation sites is 1. The van der Waals surface area contributed by atoms with Gasteiger partial charge in [-0.25, -0.2) is 4.98 Å². The molecule has 21 heavy (non-hydrogen) atoms. The molecule has 2 rings (SSSR count). The van der Waals surface area contributed by atoms with Gasteiger partial charge in [-0.05, 0) is 12.1 Å². The first kappa shape index (κ1) is 15.2. The van der Waals surface area contributed by atoms with E-state index in [1.807, 2.05) is 29.8 Å². The van der Waals surface area contributed by atoms with E-state index >= 15 is 0 Å². The molecule has 0 atom stereocenters. The molecule has 1 aromatic heterocycles.